The number of carbonyl (C=O) groups excluding carboxylic acids is 3. The van der Waals surface area contributed by atoms with E-state index in [4.69, 9.17) is 0 Å². The fourth-order valence-electron chi connectivity index (χ4n) is 2.61. The minimum absolute atomic E-state index is 0.0499. The Balaban J connectivity index is 1.67. The third-order valence-corrected chi connectivity index (χ3v) is 4.52. The molecule has 0 bridgehead atoms. The molecule has 25 heavy (non-hydrogen) atoms. The summed E-state index contributed by atoms with van der Waals surface area (Å²) in [6.07, 6.45) is 1.45. The zero-order valence-electron chi connectivity index (χ0n) is 13.9. The summed E-state index contributed by atoms with van der Waals surface area (Å²) in [5.74, 6) is -0.360. The molecule has 3 rings (SSSR count). The molecule has 1 aliphatic heterocycles. The second-order valence-electron chi connectivity index (χ2n) is 5.84. The zero-order valence-corrected chi connectivity index (χ0v) is 14.7. The third-order valence-electron chi connectivity index (χ3n) is 3.66. The topological polar surface area (TPSA) is 97.2 Å². The molecule has 0 saturated carbocycles. The quantitative estimate of drug-likeness (QED) is 0.873. The van der Waals surface area contributed by atoms with Crippen molar-refractivity contribution in [1.82, 2.24) is 19.9 Å². The van der Waals surface area contributed by atoms with Gasteiger partial charge in [-0.25, -0.2) is 4.68 Å². The van der Waals surface area contributed by atoms with Gasteiger partial charge in [-0.05, 0) is 37.1 Å². The zero-order chi connectivity index (χ0) is 18.0. The number of nitrogens with one attached hydrogen (secondary N) is 1. The second-order valence-corrected chi connectivity index (χ2v) is 6.77. The SMILES string of the molecule is Cc1cc(C)cc(NC(=O)Cn2nncc2CN2C(=O)CSC2=O)c1. The van der Waals surface area contributed by atoms with Gasteiger partial charge in [0.25, 0.3) is 5.24 Å². The number of amides is 3. The maximum atomic E-state index is 12.3. The van der Waals surface area contributed by atoms with Gasteiger partial charge in [-0.3, -0.25) is 19.3 Å². The van der Waals surface area contributed by atoms with Gasteiger partial charge in [0.2, 0.25) is 11.8 Å². The van der Waals surface area contributed by atoms with Crippen LogP contribution in [-0.2, 0) is 22.7 Å². The van der Waals surface area contributed by atoms with Crippen molar-refractivity contribution in [3.63, 3.8) is 0 Å². The molecular weight excluding hydrogens is 342 g/mol. The van der Waals surface area contributed by atoms with Crippen LogP contribution in [-0.4, -0.2) is 42.7 Å². The Labute approximate surface area is 148 Å². The van der Waals surface area contributed by atoms with E-state index in [-0.39, 0.29) is 35.9 Å². The molecule has 1 aliphatic rings. The molecule has 8 nitrogen and oxygen atoms in total. The average Bonchev–Trinajstić information content (AvgIpc) is 3.08. The molecule has 1 aromatic heterocycles. The van der Waals surface area contributed by atoms with Gasteiger partial charge in [0.1, 0.15) is 6.54 Å². The summed E-state index contributed by atoms with van der Waals surface area (Å²) in [7, 11) is 0. The van der Waals surface area contributed by atoms with E-state index in [9.17, 15) is 14.4 Å². The molecule has 130 valence electrons. The summed E-state index contributed by atoms with van der Waals surface area (Å²) in [6.45, 7) is 3.93. The van der Waals surface area contributed by atoms with Crippen molar-refractivity contribution in [2.45, 2.75) is 26.9 Å². The van der Waals surface area contributed by atoms with E-state index in [0.29, 0.717) is 11.4 Å². The Kier molecular flexibility index (Phi) is 4.84. The van der Waals surface area contributed by atoms with Gasteiger partial charge >= 0.3 is 0 Å². The smallest absolute Gasteiger partial charge is 0.289 e. The summed E-state index contributed by atoms with van der Waals surface area (Å²) >= 11 is 0.968. The van der Waals surface area contributed by atoms with Crippen molar-refractivity contribution in [2.24, 2.45) is 0 Å². The predicted molar refractivity (Wildman–Crippen MR) is 93.0 cm³/mol. The van der Waals surface area contributed by atoms with Crippen LogP contribution < -0.4 is 5.32 Å². The maximum Gasteiger partial charge on any atom is 0.289 e. The monoisotopic (exact) mass is 359 g/mol. The largest absolute Gasteiger partial charge is 0.324 e. The molecule has 1 aromatic carbocycles. The van der Waals surface area contributed by atoms with Crippen molar-refractivity contribution in [2.75, 3.05) is 11.1 Å². The second kappa shape index (κ2) is 7.06. The summed E-state index contributed by atoms with van der Waals surface area (Å²) in [5, 5.41) is 10.2. The number of aryl methyl sites for hydroxylation is 2. The van der Waals surface area contributed by atoms with Gasteiger partial charge in [-0.2, -0.15) is 0 Å². The molecule has 0 radical (unpaired) electrons. The predicted octanol–water partition coefficient (Wildman–Crippen LogP) is 1.73. The van der Waals surface area contributed by atoms with E-state index in [1.54, 1.807) is 0 Å². The van der Waals surface area contributed by atoms with Crippen LogP contribution in [0.3, 0.4) is 0 Å². The Morgan fingerprint density at radius 3 is 2.60 bits per heavy atom. The summed E-state index contributed by atoms with van der Waals surface area (Å²) in [6, 6.07) is 5.78. The van der Waals surface area contributed by atoms with Crippen LogP contribution in [0, 0.1) is 13.8 Å². The van der Waals surface area contributed by atoms with Gasteiger partial charge in [0, 0.05) is 5.69 Å². The molecule has 2 heterocycles. The Hall–Kier alpha value is -2.68. The van der Waals surface area contributed by atoms with Gasteiger partial charge in [-0.1, -0.05) is 23.0 Å². The number of carbonyl (C=O) groups is 3. The number of nitrogens with zero attached hydrogens (tertiary/aromatic N) is 4. The molecule has 0 atom stereocenters. The molecule has 3 amide bonds. The molecule has 0 unspecified atom stereocenters. The molecule has 2 aromatic rings. The van der Waals surface area contributed by atoms with Crippen LogP contribution in [0.25, 0.3) is 0 Å². The highest BCUT2D eigenvalue weighted by Gasteiger charge is 2.30. The minimum Gasteiger partial charge on any atom is -0.324 e. The van der Waals surface area contributed by atoms with E-state index in [2.05, 4.69) is 15.6 Å². The van der Waals surface area contributed by atoms with Crippen molar-refractivity contribution < 1.29 is 14.4 Å². The van der Waals surface area contributed by atoms with Crippen LogP contribution in [0.1, 0.15) is 16.8 Å². The first kappa shape index (κ1) is 17.2. The molecular formula is C16H17N5O3S. The first-order valence-electron chi connectivity index (χ1n) is 7.65. The van der Waals surface area contributed by atoms with E-state index >= 15 is 0 Å². The summed E-state index contributed by atoms with van der Waals surface area (Å²) in [4.78, 5) is 36.8. The van der Waals surface area contributed by atoms with Crippen LogP contribution in [0.15, 0.2) is 24.4 Å². The lowest BCUT2D eigenvalue weighted by atomic mass is 10.1. The molecule has 0 aliphatic carbocycles. The van der Waals surface area contributed by atoms with Crippen molar-refractivity contribution in [1.29, 1.82) is 0 Å². The Morgan fingerprint density at radius 1 is 1.24 bits per heavy atom. The van der Waals surface area contributed by atoms with Crippen molar-refractivity contribution in [3.05, 3.63) is 41.2 Å². The number of imide groups is 1. The van der Waals surface area contributed by atoms with Crippen molar-refractivity contribution >= 4 is 34.5 Å². The third kappa shape index (κ3) is 4.05. The number of aromatic nitrogens is 3. The first-order valence-corrected chi connectivity index (χ1v) is 8.63. The summed E-state index contributed by atoms with van der Waals surface area (Å²) in [5.41, 5.74) is 3.35. The number of anilines is 1. The van der Waals surface area contributed by atoms with E-state index < -0.39 is 0 Å². The van der Waals surface area contributed by atoms with Gasteiger partial charge in [0.15, 0.2) is 0 Å². The average molecular weight is 359 g/mol. The van der Waals surface area contributed by atoms with Gasteiger partial charge in [0.05, 0.1) is 24.2 Å². The van der Waals surface area contributed by atoms with Crippen LogP contribution in [0.4, 0.5) is 10.5 Å². The molecule has 1 fully saturated rings. The highest BCUT2D eigenvalue weighted by Crippen LogP contribution is 2.21. The molecule has 0 spiro atoms. The first-order chi connectivity index (χ1) is 11.9. The maximum absolute atomic E-state index is 12.3. The number of rotatable bonds is 5. The lowest BCUT2D eigenvalue weighted by Gasteiger charge is -2.13. The highest BCUT2D eigenvalue weighted by atomic mass is 32.2. The lowest BCUT2D eigenvalue weighted by molar-refractivity contribution is -0.125. The van der Waals surface area contributed by atoms with Crippen molar-refractivity contribution in [3.8, 4) is 0 Å². The van der Waals surface area contributed by atoms with Crippen LogP contribution in [0.5, 0.6) is 0 Å². The standard InChI is InChI=1S/C16H17N5O3S/c1-10-3-11(2)5-12(4-10)18-14(22)8-21-13(6-17-19-21)7-20-15(23)9-25-16(20)24/h3-6H,7-9H2,1-2H3,(H,18,22). The number of hydrogen-bond donors (Lipinski definition) is 1. The van der Waals surface area contributed by atoms with Gasteiger partial charge in [-0.15, -0.1) is 5.10 Å². The van der Waals surface area contributed by atoms with Crippen LogP contribution >= 0.6 is 11.8 Å². The Morgan fingerprint density at radius 2 is 1.96 bits per heavy atom. The normalized spacial score (nSPS) is 14.2. The lowest BCUT2D eigenvalue weighted by Crippen LogP contribution is -2.30. The Bertz CT molecular complexity index is 812. The molecule has 9 heteroatoms. The van der Waals surface area contributed by atoms with E-state index in [1.807, 2.05) is 32.0 Å². The fourth-order valence-corrected chi connectivity index (χ4v) is 3.34. The van der Waals surface area contributed by atoms with E-state index in [1.165, 1.54) is 10.9 Å². The van der Waals surface area contributed by atoms with Gasteiger partial charge < -0.3 is 5.32 Å². The highest BCUT2D eigenvalue weighted by molar-refractivity contribution is 8.14. The minimum atomic E-state index is -0.294. The van der Waals surface area contributed by atoms with Crippen LogP contribution in [0.2, 0.25) is 0 Å². The molecule has 1 N–H and O–H groups in total. The number of benzene rings is 1. The number of hydrogen-bond acceptors (Lipinski definition) is 6. The summed E-state index contributed by atoms with van der Waals surface area (Å²) < 4.78 is 1.39. The molecule has 1 saturated heterocycles. The number of thioether (sulfide) groups is 1. The van der Waals surface area contributed by atoms with E-state index in [0.717, 1.165) is 27.8 Å². The fraction of sp³-hybridized carbons (Fsp3) is 0.312.